The first kappa shape index (κ1) is 39.4. The van der Waals surface area contributed by atoms with E-state index in [1.165, 1.54) is 100 Å². The van der Waals surface area contributed by atoms with E-state index in [-0.39, 0.29) is 0 Å². The van der Waals surface area contributed by atoms with E-state index in [9.17, 15) is 0 Å². The van der Waals surface area contributed by atoms with Crippen LogP contribution in [0.4, 0.5) is 17.1 Å². The number of hydrogen-bond acceptors (Lipinski definition) is 1. The van der Waals surface area contributed by atoms with Crippen LogP contribution in [0.1, 0.15) is 44.5 Å². The molecule has 0 heterocycles. The minimum atomic E-state index is -0.535. The monoisotopic (exact) mass is 875 g/mol. The van der Waals surface area contributed by atoms with Gasteiger partial charge in [0.2, 0.25) is 0 Å². The molecule has 3 aliphatic rings. The molecule has 0 saturated heterocycles. The van der Waals surface area contributed by atoms with E-state index in [1.54, 1.807) is 0 Å². The minimum absolute atomic E-state index is 0.462. The van der Waals surface area contributed by atoms with Crippen LogP contribution in [0.2, 0.25) is 0 Å². The van der Waals surface area contributed by atoms with Crippen molar-refractivity contribution in [2.45, 2.75) is 10.8 Å². The van der Waals surface area contributed by atoms with Crippen LogP contribution in [0.25, 0.3) is 55.6 Å². The zero-order valence-electron chi connectivity index (χ0n) is 37.9. The third kappa shape index (κ3) is 5.65. The standard InChI is InChI=1S/C68H45N/c1-3-17-46(18-4-1)47-31-33-48(34-32-47)49-35-40-53(41-36-49)69(52-19-5-2-6-20-52)54-42-37-50(38-43-54)51-39-44-58-57-23-9-12-26-61(57)68(66(58)45-51)64-29-15-13-27-62(64)67(63-28-14-16-30-65(63)68)59-24-10-7-21-55(59)56-22-8-11-25-60(56)67/h1-45H. The summed E-state index contributed by atoms with van der Waals surface area (Å²) in [6.45, 7) is 0. The molecule has 14 rings (SSSR count). The van der Waals surface area contributed by atoms with Gasteiger partial charge in [0.05, 0.1) is 10.8 Å². The zero-order valence-corrected chi connectivity index (χ0v) is 37.9. The largest absolute Gasteiger partial charge is 0.311 e. The molecular weight excluding hydrogens is 831 g/mol. The Morgan fingerprint density at radius 1 is 0.188 bits per heavy atom. The Hall–Kier alpha value is -8.78. The lowest BCUT2D eigenvalue weighted by atomic mass is 9.52. The summed E-state index contributed by atoms with van der Waals surface area (Å²) >= 11 is 0. The van der Waals surface area contributed by atoms with Gasteiger partial charge in [0, 0.05) is 17.1 Å². The topological polar surface area (TPSA) is 3.24 Å². The van der Waals surface area contributed by atoms with Gasteiger partial charge in [-0.3, -0.25) is 0 Å². The molecule has 0 atom stereocenters. The van der Waals surface area contributed by atoms with Crippen molar-refractivity contribution >= 4 is 17.1 Å². The molecule has 322 valence electrons. The van der Waals surface area contributed by atoms with Crippen molar-refractivity contribution in [1.29, 1.82) is 0 Å². The number of benzene rings is 11. The Morgan fingerprint density at radius 3 is 0.899 bits per heavy atom. The smallest absolute Gasteiger partial charge is 0.0720 e. The average molecular weight is 876 g/mol. The molecule has 0 unspecified atom stereocenters. The van der Waals surface area contributed by atoms with Crippen LogP contribution < -0.4 is 4.90 Å². The Balaban J connectivity index is 0.883. The van der Waals surface area contributed by atoms with Crippen molar-refractivity contribution in [2.24, 2.45) is 0 Å². The molecule has 3 aliphatic carbocycles. The predicted octanol–water partition coefficient (Wildman–Crippen LogP) is 17.2. The van der Waals surface area contributed by atoms with Gasteiger partial charge in [0.25, 0.3) is 0 Å². The van der Waals surface area contributed by atoms with Gasteiger partial charge in [-0.2, -0.15) is 0 Å². The number of fused-ring (bicyclic) bond motifs is 16. The first-order valence-electron chi connectivity index (χ1n) is 24.1. The summed E-state index contributed by atoms with van der Waals surface area (Å²) in [5, 5.41) is 0. The fourth-order valence-corrected chi connectivity index (χ4v) is 12.5. The number of rotatable bonds is 6. The molecule has 0 aromatic heterocycles. The Morgan fingerprint density at radius 2 is 0.464 bits per heavy atom. The summed E-state index contributed by atoms with van der Waals surface area (Å²) in [6.07, 6.45) is 0. The highest BCUT2D eigenvalue weighted by Crippen LogP contribution is 2.67. The maximum absolute atomic E-state index is 2.51. The molecule has 0 N–H and O–H groups in total. The molecular formula is C68H45N. The second-order valence-corrected chi connectivity index (χ2v) is 18.7. The molecule has 0 amide bonds. The summed E-state index contributed by atoms with van der Waals surface area (Å²) in [7, 11) is 0. The third-order valence-corrected chi connectivity index (χ3v) is 15.4. The highest BCUT2D eigenvalue weighted by Gasteiger charge is 2.58. The van der Waals surface area contributed by atoms with E-state index in [0.717, 1.165) is 17.1 Å². The fraction of sp³-hybridized carbons (Fsp3) is 0.0294. The fourth-order valence-electron chi connectivity index (χ4n) is 12.5. The highest BCUT2D eigenvalue weighted by atomic mass is 15.1. The third-order valence-electron chi connectivity index (χ3n) is 15.4. The van der Waals surface area contributed by atoms with Gasteiger partial charge in [-0.1, -0.05) is 231 Å². The molecule has 1 nitrogen and oxygen atoms in total. The molecule has 69 heavy (non-hydrogen) atoms. The van der Waals surface area contributed by atoms with E-state index in [4.69, 9.17) is 0 Å². The van der Waals surface area contributed by atoms with Crippen LogP contribution in [0.15, 0.2) is 273 Å². The predicted molar refractivity (Wildman–Crippen MR) is 286 cm³/mol. The lowest BCUT2D eigenvalue weighted by Crippen LogP contribution is -2.43. The number of nitrogens with zero attached hydrogens (tertiary/aromatic N) is 1. The molecule has 11 aromatic carbocycles. The molecule has 2 spiro atoms. The molecule has 0 bridgehead atoms. The van der Waals surface area contributed by atoms with Gasteiger partial charge < -0.3 is 4.90 Å². The Labute approximate surface area is 403 Å². The van der Waals surface area contributed by atoms with Crippen molar-refractivity contribution in [3.8, 4) is 55.6 Å². The van der Waals surface area contributed by atoms with Crippen LogP contribution in [0, 0.1) is 0 Å². The normalized spacial score (nSPS) is 13.7. The summed E-state index contributed by atoms with van der Waals surface area (Å²) in [4.78, 5) is 2.35. The van der Waals surface area contributed by atoms with Gasteiger partial charge >= 0.3 is 0 Å². The van der Waals surface area contributed by atoms with Crippen molar-refractivity contribution in [2.75, 3.05) is 4.90 Å². The number of para-hydroxylation sites is 1. The summed E-state index contributed by atoms with van der Waals surface area (Å²) < 4.78 is 0. The average Bonchev–Trinajstić information content (AvgIpc) is 3.89. The quantitative estimate of drug-likeness (QED) is 0.161. The summed E-state index contributed by atoms with van der Waals surface area (Å²) in [5.74, 6) is 0. The van der Waals surface area contributed by atoms with E-state index in [0.29, 0.717) is 0 Å². The van der Waals surface area contributed by atoms with Crippen molar-refractivity contribution in [1.82, 2.24) is 0 Å². The van der Waals surface area contributed by atoms with Gasteiger partial charge in [-0.15, -0.1) is 0 Å². The van der Waals surface area contributed by atoms with Crippen molar-refractivity contribution in [3.63, 3.8) is 0 Å². The van der Waals surface area contributed by atoms with Gasteiger partial charge in [0.15, 0.2) is 0 Å². The molecule has 11 aromatic rings. The highest BCUT2D eigenvalue weighted by molar-refractivity contribution is 5.95. The molecule has 0 radical (unpaired) electrons. The number of hydrogen-bond donors (Lipinski definition) is 0. The first-order chi connectivity index (χ1) is 34.2. The first-order valence-corrected chi connectivity index (χ1v) is 24.1. The maximum atomic E-state index is 2.51. The molecule has 0 fully saturated rings. The zero-order chi connectivity index (χ0) is 45.5. The summed E-state index contributed by atoms with van der Waals surface area (Å²) in [6, 6.07) is 102. The van der Waals surface area contributed by atoms with Crippen LogP contribution in [-0.4, -0.2) is 0 Å². The van der Waals surface area contributed by atoms with Crippen LogP contribution in [-0.2, 0) is 10.8 Å². The van der Waals surface area contributed by atoms with Gasteiger partial charge in [0.1, 0.15) is 0 Å². The van der Waals surface area contributed by atoms with E-state index < -0.39 is 10.8 Å². The molecule has 0 aliphatic heterocycles. The summed E-state index contributed by atoms with van der Waals surface area (Å²) in [5.41, 5.74) is 25.6. The molecule has 0 saturated carbocycles. The van der Waals surface area contributed by atoms with E-state index in [1.807, 2.05) is 0 Å². The van der Waals surface area contributed by atoms with E-state index in [2.05, 4.69) is 278 Å². The SMILES string of the molecule is c1ccc(-c2ccc(-c3ccc(N(c4ccccc4)c4ccc(-c5ccc6c(c5)C5(c7ccccc7-6)c6ccccc6C6(c7ccccc7-c7ccccc76)c6ccccc65)cc4)cc3)cc2)cc1. The van der Waals surface area contributed by atoms with Gasteiger partial charge in [-0.05, 0) is 143 Å². The Bertz CT molecular complexity index is 3660. The van der Waals surface area contributed by atoms with E-state index >= 15 is 0 Å². The lowest BCUT2D eigenvalue weighted by Gasteiger charge is -2.48. The van der Waals surface area contributed by atoms with Crippen LogP contribution >= 0.6 is 0 Å². The maximum Gasteiger partial charge on any atom is 0.0720 e. The second kappa shape index (κ2) is 15.4. The molecule has 1 heteroatoms. The number of anilines is 3. The Kier molecular flexibility index (Phi) is 8.78. The van der Waals surface area contributed by atoms with Gasteiger partial charge in [-0.25, -0.2) is 0 Å². The minimum Gasteiger partial charge on any atom is -0.311 e. The van der Waals surface area contributed by atoms with Crippen molar-refractivity contribution < 1.29 is 0 Å². The lowest BCUT2D eigenvalue weighted by molar-refractivity contribution is 0.633. The second-order valence-electron chi connectivity index (χ2n) is 18.7. The van der Waals surface area contributed by atoms with Crippen LogP contribution in [0.3, 0.4) is 0 Å². The van der Waals surface area contributed by atoms with Crippen molar-refractivity contribution in [3.05, 3.63) is 317 Å². The van der Waals surface area contributed by atoms with Crippen LogP contribution in [0.5, 0.6) is 0 Å².